The summed E-state index contributed by atoms with van der Waals surface area (Å²) >= 11 is 0. The molecule has 3 aromatic rings. The number of benzene rings is 3. The largest absolute Gasteiger partial charge is 0.508 e. The first-order chi connectivity index (χ1) is 14.5. The summed E-state index contributed by atoms with van der Waals surface area (Å²) in [4.78, 5) is 34.0. The molecule has 0 aliphatic carbocycles. The van der Waals surface area contributed by atoms with Gasteiger partial charge < -0.3 is 5.11 Å². The number of amides is 2. The van der Waals surface area contributed by atoms with Crippen molar-refractivity contribution >= 4 is 23.2 Å². The van der Waals surface area contributed by atoms with Crippen molar-refractivity contribution in [2.45, 2.75) is 19.1 Å². The molecule has 0 radical (unpaired) electrons. The molecular formula is C24H20N2O4. The lowest BCUT2D eigenvalue weighted by Gasteiger charge is -2.28. The first-order valence-electron chi connectivity index (χ1n) is 9.79. The molecule has 150 valence electrons. The van der Waals surface area contributed by atoms with Gasteiger partial charge in [-0.3, -0.25) is 14.4 Å². The number of anilines is 2. The second-order valence-electron chi connectivity index (χ2n) is 7.60. The summed E-state index contributed by atoms with van der Waals surface area (Å²) in [5.74, 6) is -1.21. The predicted octanol–water partition coefficient (Wildman–Crippen LogP) is 3.75. The van der Waals surface area contributed by atoms with Gasteiger partial charge in [0, 0.05) is 0 Å². The van der Waals surface area contributed by atoms with Crippen LogP contribution in [0.4, 0.5) is 11.4 Å². The van der Waals surface area contributed by atoms with Crippen LogP contribution in [0.15, 0.2) is 78.9 Å². The average Bonchev–Trinajstić information content (AvgIpc) is 3.27. The number of hydrogen-bond acceptors (Lipinski definition) is 5. The molecule has 2 saturated heterocycles. The van der Waals surface area contributed by atoms with Crippen molar-refractivity contribution in [2.24, 2.45) is 5.92 Å². The number of hydroxylamine groups is 1. The molecule has 3 aromatic carbocycles. The Kier molecular flexibility index (Phi) is 4.29. The fraction of sp³-hybridized carbons (Fsp3) is 0.167. The van der Waals surface area contributed by atoms with Crippen LogP contribution in [0.25, 0.3) is 0 Å². The third kappa shape index (κ3) is 2.84. The summed E-state index contributed by atoms with van der Waals surface area (Å²) < 4.78 is 0. The Morgan fingerprint density at radius 2 is 1.47 bits per heavy atom. The van der Waals surface area contributed by atoms with E-state index in [1.165, 1.54) is 4.90 Å². The number of nitrogens with zero attached hydrogens (tertiary/aromatic N) is 2. The van der Waals surface area contributed by atoms with Crippen molar-refractivity contribution < 1.29 is 19.5 Å². The Hall–Kier alpha value is -3.64. The smallest absolute Gasteiger partial charge is 0.266 e. The normalized spacial score (nSPS) is 23.2. The monoisotopic (exact) mass is 400 g/mol. The van der Waals surface area contributed by atoms with Gasteiger partial charge in [-0.25, -0.2) is 9.96 Å². The van der Waals surface area contributed by atoms with E-state index in [1.807, 2.05) is 49.4 Å². The van der Waals surface area contributed by atoms with E-state index in [4.69, 9.17) is 4.84 Å². The van der Waals surface area contributed by atoms with Crippen molar-refractivity contribution in [3.63, 3.8) is 0 Å². The minimum atomic E-state index is -0.905. The zero-order valence-electron chi connectivity index (χ0n) is 16.3. The zero-order valence-corrected chi connectivity index (χ0v) is 16.3. The molecule has 2 amide bonds. The molecule has 0 aromatic heterocycles. The van der Waals surface area contributed by atoms with Gasteiger partial charge in [-0.15, -0.1) is 0 Å². The molecule has 0 saturated carbocycles. The number of hydrogen-bond donors (Lipinski definition) is 1. The highest BCUT2D eigenvalue weighted by molar-refractivity contribution is 6.23. The van der Waals surface area contributed by atoms with Gasteiger partial charge in [0.1, 0.15) is 11.7 Å². The summed E-state index contributed by atoms with van der Waals surface area (Å²) in [6.45, 7) is 1.95. The molecule has 30 heavy (non-hydrogen) atoms. The van der Waals surface area contributed by atoms with Crippen LogP contribution in [-0.4, -0.2) is 23.0 Å². The lowest BCUT2D eigenvalue weighted by Crippen LogP contribution is -2.37. The number of carbonyl (C=O) groups excluding carboxylic acids is 2. The maximum atomic E-state index is 13.5. The average molecular weight is 400 g/mol. The van der Waals surface area contributed by atoms with Crippen molar-refractivity contribution in [3.05, 3.63) is 90.0 Å². The van der Waals surface area contributed by atoms with Crippen LogP contribution in [-0.2, 0) is 14.4 Å². The third-order valence-electron chi connectivity index (χ3n) is 5.65. The standard InChI is InChI=1S/C24H20N2O4/c1-15-7-11-17(12-8-15)25-23(28)20-21(16-9-13-19(27)14-10-16)26(30-22(20)24(25)29)18-5-3-2-4-6-18/h2-14,20-22,27H,1H3/t20-,21-,22-/m0/s1. The summed E-state index contributed by atoms with van der Waals surface area (Å²) in [7, 11) is 0. The quantitative estimate of drug-likeness (QED) is 0.678. The van der Waals surface area contributed by atoms with E-state index < -0.39 is 18.1 Å². The van der Waals surface area contributed by atoms with Crippen molar-refractivity contribution in [1.82, 2.24) is 0 Å². The molecule has 2 aliphatic heterocycles. The Labute approximate surface area is 173 Å². The van der Waals surface area contributed by atoms with E-state index in [1.54, 1.807) is 41.5 Å². The number of phenols is 1. The first kappa shape index (κ1) is 18.4. The van der Waals surface area contributed by atoms with Crippen LogP contribution in [0.2, 0.25) is 0 Å². The van der Waals surface area contributed by atoms with Crippen LogP contribution < -0.4 is 9.96 Å². The number of aromatic hydroxyl groups is 1. The lowest BCUT2D eigenvalue weighted by atomic mass is 9.90. The Bertz CT molecular complexity index is 1100. The Morgan fingerprint density at radius 3 is 2.13 bits per heavy atom. The van der Waals surface area contributed by atoms with Crippen LogP contribution in [0, 0.1) is 12.8 Å². The van der Waals surface area contributed by atoms with Gasteiger partial charge in [0.15, 0.2) is 6.10 Å². The second-order valence-corrected chi connectivity index (χ2v) is 7.60. The second kappa shape index (κ2) is 7.00. The topological polar surface area (TPSA) is 70.1 Å². The van der Waals surface area contributed by atoms with E-state index >= 15 is 0 Å². The minimum absolute atomic E-state index is 0.135. The van der Waals surface area contributed by atoms with Crippen molar-refractivity contribution in [1.29, 1.82) is 0 Å². The van der Waals surface area contributed by atoms with E-state index in [0.717, 1.165) is 16.8 Å². The van der Waals surface area contributed by atoms with E-state index in [9.17, 15) is 14.7 Å². The molecule has 0 spiro atoms. The van der Waals surface area contributed by atoms with Gasteiger partial charge in [0.05, 0.1) is 17.4 Å². The van der Waals surface area contributed by atoms with Crippen LogP contribution >= 0.6 is 0 Å². The molecule has 2 aliphatic rings. The molecule has 3 atom stereocenters. The molecular weight excluding hydrogens is 380 g/mol. The van der Waals surface area contributed by atoms with Crippen LogP contribution in [0.3, 0.4) is 0 Å². The van der Waals surface area contributed by atoms with Gasteiger partial charge in [-0.05, 0) is 48.9 Å². The molecule has 6 nitrogen and oxygen atoms in total. The molecule has 2 heterocycles. The fourth-order valence-corrected chi connectivity index (χ4v) is 4.17. The molecule has 0 bridgehead atoms. The molecule has 5 rings (SSSR count). The summed E-state index contributed by atoms with van der Waals surface area (Å²) in [5.41, 5.74) is 3.14. The highest BCUT2D eigenvalue weighted by Gasteiger charge is 2.60. The fourth-order valence-electron chi connectivity index (χ4n) is 4.17. The number of carbonyl (C=O) groups is 2. The minimum Gasteiger partial charge on any atom is -0.508 e. The van der Waals surface area contributed by atoms with E-state index in [0.29, 0.717) is 5.69 Å². The highest BCUT2D eigenvalue weighted by Crippen LogP contribution is 2.47. The molecule has 2 fully saturated rings. The van der Waals surface area contributed by atoms with Crippen LogP contribution in [0.1, 0.15) is 17.2 Å². The van der Waals surface area contributed by atoms with E-state index in [-0.39, 0.29) is 17.6 Å². The number of fused-ring (bicyclic) bond motifs is 1. The van der Waals surface area contributed by atoms with Crippen molar-refractivity contribution in [2.75, 3.05) is 9.96 Å². The van der Waals surface area contributed by atoms with Gasteiger partial charge in [0.25, 0.3) is 5.91 Å². The lowest BCUT2D eigenvalue weighted by molar-refractivity contribution is -0.126. The highest BCUT2D eigenvalue weighted by atomic mass is 16.7. The number of para-hydroxylation sites is 1. The number of phenolic OH excluding ortho intramolecular Hbond substituents is 1. The number of aryl methyl sites for hydroxylation is 1. The maximum absolute atomic E-state index is 13.5. The summed E-state index contributed by atoms with van der Waals surface area (Å²) in [6.07, 6.45) is -0.905. The molecule has 6 heteroatoms. The third-order valence-corrected chi connectivity index (χ3v) is 5.65. The van der Waals surface area contributed by atoms with Crippen molar-refractivity contribution in [3.8, 4) is 5.75 Å². The first-order valence-corrected chi connectivity index (χ1v) is 9.79. The van der Waals surface area contributed by atoms with Gasteiger partial charge in [0.2, 0.25) is 5.91 Å². The predicted molar refractivity (Wildman–Crippen MR) is 112 cm³/mol. The summed E-state index contributed by atoms with van der Waals surface area (Å²) in [6, 6.07) is 22.9. The zero-order chi connectivity index (χ0) is 20.8. The van der Waals surface area contributed by atoms with Crippen LogP contribution in [0.5, 0.6) is 5.75 Å². The maximum Gasteiger partial charge on any atom is 0.266 e. The van der Waals surface area contributed by atoms with Gasteiger partial charge in [-0.2, -0.15) is 0 Å². The molecule has 1 N–H and O–H groups in total. The number of rotatable bonds is 3. The summed E-state index contributed by atoms with van der Waals surface area (Å²) in [5, 5.41) is 11.3. The van der Waals surface area contributed by atoms with Gasteiger partial charge in [-0.1, -0.05) is 48.0 Å². The molecule has 0 unspecified atom stereocenters. The number of imide groups is 1. The Balaban J connectivity index is 1.58. The Morgan fingerprint density at radius 1 is 0.800 bits per heavy atom. The van der Waals surface area contributed by atoms with Gasteiger partial charge >= 0.3 is 0 Å². The SMILES string of the molecule is Cc1ccc(N2C(=O)[C@@H]3[C@H](ON(c4ccccc4)[C@H]3c3ccc(O)cc3)C2=O)cc1. The van der Waals surface area contributed by atoms with E-state index in [2.05, 4.69) is 0 Å².